The summed E-state index contributed by atoms with van der Waals surface area (Å²) in [6.45, 7) is 6.17. The Morgan fingerprint density at radius 1 is 1.22 bits per heavy atom. The van der Waals surface area contributed by atoms with Crippen LogP contribution in [0.1, 0.15) is 36.0 Å². The van der Waals surface area contributed by atoms with Gasteiger partial charge < -0.3 is 0 Å². The predicted octanol–water partition coefficient (Wildman–Crippen LogP) is 2.85. The molecule has 0 unspecified atom stereocenters. The van der Waals surface area contributed by atoms with Crippen LogP contribution in [-0.2, 0) is 5.75 Å². The third kappa shape index (κ3) is 3.62. The highest BCUT2D eigenvalue weighted by Crippen LogP contribution is 2.23. The summed E-state index contributed by atoms with van der Waals surface area (Å²) in [5.41, 5.74) is 2.66. The molecule has 0 spiro atoms. The number of aryl methyl sites for hydroxylation is 1. The zero-order valence-electron chi connectivity index (χ0n) is 15.0. The number of thioether (sulfide) groups is 1. The monoisotopic (exact) mass is 399 g/mol. The number of hydrogen-bond acceptors (Lipinski definition) is 8. The lowest BCUT2D eigenvalue weighted by Crippen LogP contribution is -2.15. The molecule has 10 heteroatoms. The molecule has 0 N–H and O–H groups in total. The Morgan fingerprint density at radius 3 is 2.74 bits per heavy atom. The summed E-state index contributed by atoms with van der Waals surface area (Å²) >= 11 is 2.83. The molecule has 0 fully saturated rings. The first-order chi connectivity index (χ1) is 13.0. The van der Waals surface area contributed by atoms with Gasteiger partial charge in [-0.1, -0.05) is 49.1 Å². The smallest absolute Gasteiger partial charge is 0.267 e. The van der Waals surface area contributed by atoms with Crippen molar-refractivity contribution >= 4 is 28.1 Å². The average Bonchev–Trinajstić information content (AvgIpc) is 3.26. The predicted molar refractivity (Wildman–Crippen MR) is 105 cm³/mol. The summed E-state index contributed by atoms with van der Waals surface area (Å²) in [5, 5.41) is 17.6. The lowest BCUT2D eigenvalue weighted by molar-refractivity contribution is 0.754. The molecule has 0 saturated carbocycles. The highest BCUT2D eigenvalue weighted by molar-refractivity contribution is 7.98. The molecule has 0 radical (unpaired) electrons. The number of nitrogens with zero attached hydrogens (tertiary/aromatic N) is 7. The standard InChI is InChI=1S/C17H17N7OS2/c1-10(2)12-4-6-14(7-5-12)23-17(19-21-22-23)26-9-13-8-15(25)24-16(18-13)27-11(3)20-24/h4-8,10H,9H2,1-3H3. The van der Waals surface area contributed by atoms with Gasteiger partial charge in [0.25, 0.3) is 5.56 Å². The van der Waals surface area contributed by atoms with E-state index in [0.29, 0.717) is 27.5 Å². The molecule has 1 aromatic carbocycles. The van der Waals surface area contributed by atoms with Gasteiger partial charge in [-0.05, 0) is 41.0 Å². The van der Waals surface area contributed by atoms with E-state index in [1.807, 2.05) is 19.1 Å². The highest BCUT2D eigenvalue weighted by Gasteiger charge is 2.12. The van der Waals surface area contributed by atoms with Crippen molar-refractivity contribution in [1.29, 1.82) is 0 Å². The van der Waals surface area contributed by atoms with E-state index in [9.17, 15) is 4.79 Å². The molecule has 27 heavy (non-hydrogen) atoms. The van der Waals surface area contributed by atoms with Crippen molar-refractivity contribution in [2.24, 2.45) is 0 Å². The Morgan fingerprint density at radius 2 is 2.00 bits per heavy atom. The van der Waals surface area contributed by atoms with Gasteiger partial charge in [0.05, 0.1) is 11.4 Å². The highest BCUT2D eigenvalue weighted by atomic mass is 32.2. The van der Waals surface area contributed by atoms with Gasteiger partial charge in [0.2, 0.25) is 10.1 Å². The molecular weight excluding hydrogens is 382 g/mol. The van der Waals surface area contributed by atoms with Crippen LogP contribution in [0.3, 0.4) is 0 Å². The number of tetrazole rings is 1. The summed E-state index contributed by atoms with van der Waals surface area (Å²) in [6.07, 6.45) is 0. The summed E-state index contributed by atoms with van der Waals surface area (Å²) in [4.78, 5) is 17.3. The van der Waals surface area contributed by atoms with E-state index in [0.717, 1.165) is 10.7 Å². The Bertz CT molecular complexity index is 1140. The van der Waals surface area contributed by atoms with E-state index in [1.165, 1.54) is 39.2 Å². The SMILES string of the molecule is Cc1nn2c(=O)cc(CSc3nnnn3-c3ccc(C(C)C)cc3)nc2s1. The van der Waals surface area contributed by atoms with E-state index in [1.54, 1.807) is 4.68 Å². The van der Waals surface area contributed by atoms with Crippen molar-refractivity contribution < 1.29 is 0 Å². The quantitative estimate of drug-likeness (QED) is 0.477. The zero-order chi connectivity index (χ0) is 19.0. The summed E-state index contributed by atoms with van der Waals surface area (Å²) < 4.78 is 3.02. The van der Waals surface area contributed by atoms with Crippen LogP contribution in [0, 0.1) is 6.92 Å². The van der Waals surface area contributed by atoms with Crippen LogP contribution in [-0.4, -0.2) is 34.8 Å². The lowest BCUT2D eigenvalue weighted by Gasteiger charge is -2.07. The van der Waals surface area contributed by atoms with Gasteiger partial charge in [-0.15, -0.1) is 5.10 Å². The second-order valence-corrected chi connectivity index (χ2v) is 8.41. The van der Waals surface area contributed by atoms with Crippen LogP contribution in [0.2, 0.25) is 0 Å². The molecule has 0 saturated heterocycles. The van der Waals surface area contributed by atoms with Crippen molar-refractivity contribution in [3.63, 3.8) is 0 Å². The number of rotatable bonds is 5. The maximum Gasteiger partial charge on any atom is 0.275 e. The normalized spacial score (nSPS) is 11.6. The van der Waals surface area contributed by atoms with Crippen LogP contribution < -0.4 is 5.56 Å². The van der Waals surface area contributed by atoms with Gasteiger partial charge in [-0.25, -0.2) is 4.98 Å². The molecule has 0 amide bonds. The zero-order valence-corrected chi connectivity index (χ0v) is 16.7. The summed E-state index contributed by atoms with van der Waals surface area (Å²) in [7, 11) is 0. The minimum absolute atomic E-state index is 0.177. The van der Waals surface area contributed by atoms with Gasteiger partial charge in [0, 0.05) is 11.8 Å². The molecule has 3 heterocycles. The molecule has 0 aliphatic heterocycles. The Labute approximate surface area is 163 Å². The van der Waals surface area contributed by atoms with E-state index in [-0.39, 0.29) is 5.56 Å². The number of fused-ring (bicyclic) bond motifs is 1. The topological polar surface area (TPSA) is 90.9 Å². The first-order valence-electron chi connectivity index (χ1n) is 8.39. The van der Waals surface area contributed by atoms with E-state index in [2.05, 4.69) is 51.6 Å². The molecule has 0 bridgehead atoms. The minimum Gasteiger partial charge on any atom is -0.267 e. The lowest BCUT2D eigenvalue weighted by atomic mass is 10.0. The Balaban J connectivity index is 1.56. The summed E-state index contributed by atoms with van der Waals surface area (Å²) in [5.74, 6) is 0.963. The fourth-order valence-electron chi connectivity index (χ4n) is 2.60. The largest absolute Gasteiger partial charge is 0.275 e. The number of aromatic nitrogens is 7. The number of benzene rings is 1. The molecule has 4 aromatic rings. The molecule has 0 aliphatic carbocycles. The van der Waals surface area contributed by atoms with E-state index in [4.69, 9.17) is 0 Å². The molecular formula is C17H17N7OS2. The molecule has 0 aliphatic rings. The molecule has 138 valence electrons. The summed E-state index contributed by atoms with van der Waals surface area (Å²) in [6, 6.07) is 9.68. The third-order valence-corrected chi connectivity index (χ3v) is 5.77. The fourth-order valence-corrected chi connectivity index (χ4v) is 4.15. The van der Waals surface area contributed by atoms with Crippen molar-refractivity contribution in [2.45, 2.75) is 37.6 Å². The van der Waals surface area contributed by atoms with Crippen molar-refractivity contribution in [2.75, 3.05) is 0 Å². The van der Waals surface area contributed by atoms with Gasteiger partial charge in [0.15, 0.2) is 0 Å². The molecule has 3 aromatic heterocycles. The first kappa shape index (κ1) is 17.8. The third-order valence-electron chi connectivity index (χ3n) is 3.99. The van der Waals surface area contributed by atoms with Crippen LogP contribution in [0.4, 0.5) is 0 Å². The van der Waals surface area contributed by atoms with Crippen molar-refractivity contribution in [3.05, 3.63) is 57.0 Å². The van der Waals surface area contributed by atoms with E-state index >= 15 is 0 Å². The van der Waals surface area contributed by atoms with E-state index < -0.39 is 0 Å². The first-order valence-corrected chi connectivity index (χ1v) is 10.2. The number of hydrogen-bond donors (Lipinski definition) is 0. The maximum atomic E-state index is 12.2. The van der Waals surface area contributed by atoms with Crippen LogP contribution in [0.25, 0.3) is 10.6 Å². The van der Waals surface area contributed by atoms with Gasteiger partial charge in [0.1, 0.15) is 5.01 Å². The van der Waals surface area contributed by atoms with Crippen molar-refractivity contribution in [3.8, 4) is 5.69 Å². The maximum absolute atomic E-state index is 12.2. The molecule has 8 nitrogen and oxygen atoms in total. The second kappa shape index (κ2) is 7.20. The average molecular weight is 400 g/mol. The molecule has 0 atom stereocenters. The fraction of sp³-hybridized carbons (Fsp3) is 0.294. The second-order valence-electron chi connectivity index (χ2n) is 6.31. The van der Waals surface area contributed by atoms with Gasteiger partial charge in [-0.3, -0.25) is 4.79 Å². The molecule has 4 rings (SSSR count). The van der Waals surface area contributed by atoms with Crippen LogP contribution >= 0.6 is 23.1 Å². The van der Waals surface area contributed by atoms with Gasteiger partial charge in [-0.2, -0.15) is 14.3 Å². The van der Waals surface area contributed by atoms with Crippen molar-refractivity contribution in [1.82, 2.24) is 34.8 Å². The van der Waals surface area contributed by atoms with Crippen LogP contribution in [0.5, 0.6) is 0 Å². The Hall–Kier alpha value is -2.59. The Kier molecular flexibility index (Phi) is 4.75. The van der Waals surface area contributed by atoms with Gasteiger partial charge >= 0.3 is 0 Å². The minimum atomic E-state index is -0.177. The van der Waals surface area contributed by atoms with Crippen LogP contribution in [0.15, 0.2) is 40.3 Å².